The molecule has 1 amide bonds. The average molecular weight is 357 g/mol. The summed E-state index contributed by atoms with van der Waals surface area (Å²) in [6.07, 6.45) is -0.327. The largest absolute Gasteiger partial charge is 0.445 e. The van der Waals surface area contributed by atoms with E-state index in [2.05, 4.69) is 25.3 Å². The molecule has 0 fully saturated rings. The Balaban J connectivity index is 1.70. The van der Waals surface area contributed by atoms with Crippen LogP contribution in [0.2, 0.25) is 0 Å². The molecule has 1 aliphatic rings. The Bertz CT molecular complexity index is 755. The fourth-order valence-electron chi connectivity index (χ4n) is 3.23. The third-order valence-corrected chi connectivity index (χ3v) is 5.15. The van der Waals surface area contributed by atoms with E-state index < -0.39 is 0 Å². The van der Waals surface area contributed by atoms with Gasteiger partial charge in [0.1, 0.15) is 12.4 Å². The molecule has 1 aliphatic heterocycles. The maximum atomic E-state index is 12.4. The van der Waals surface area contributed by atoms with Crippen LogP contribution in [0.25, 0.3) is 0 Å². The highest BCUT2D eigenvalue weighted by Gasteiger charge is 2.28. The lowest BCUT2D eigenvalue weighted by Gasteiger charge is -2.27. The van der Waals surface area contributed by atoms with Gasteiger partial charge in [-0.2, -0.15) is 0 Å². The Kier molecular flexibility index (Phi) is 5.61. The molecule has 0 saturated heterocycles. The summed E-state index contributed by atoms with van der Waals surface area (Å²) in [4.78, 5) is 18.8. The zero-order chi connectivity index (χ0) is 18.7. The monoisotopic (exact) mass is 357 g/mol. The van der Waals surface area contributed by atoms with Gasteiger partial charge in [-0.05, 0) is 11.5 Å². The topological polar surface area (TPSA) is 67.6 Å². The summed E-state index contributed by atoms with van der Waals surface area (Å²) >= 11 is 0. The van der Waals surface area contributed by atoms with Crippen LogP contribution in [-0.4, -0.2) is 32.2 Å². The Hall–Kier alpha value is -2.34. The minimum absolute atomic E-state index is 0.0299. The van der Waals surface area contributed by atoms with Gasteiger partial charge in [-0.15, -0.1) is 0 Å². The van der Waals surface area contributed by atoms with Gasteiger partial charge in [-0.1, -0.05) is 51.1 Å². The molecule has 26 heavy (non-hydrogen) atoms. The van der Waals surface area contributed by atoms with Crippen molar-refractivity contribution in [1.29, 1.82) is 0 Å². The number of aromatic nitrogens is 2. The Morgan fingerprint density at radius 2 is 1.96 bits per heavy atom. The minimum Gasteiger partial charge on any atom is -0.445 e. The quantitative estimate of drug-likeness (QED) is 0.892. The molecule has 1 aromatic heterocycles. The van der Waals surface area contributed by atoms with E-state index in [1.54, 1.807) is 4.90 Å². The highest BCUT2D eigenvalue weighted by atomic mass is 16.6. The van der Waals surface area contributed by atoms with E-state index in [9.17, 15) is 9.90 Å². The molecular weight excluding hydrogens is 330 g/mol. The van der Waals surface area contributed by atoms with Gasteiger partial charge in [-0.3, -0.25) is 4.90 Å². The van der Waals surface area contributed by atoms with Crippen LogP contribution in [0.4, 0.5) is 4.79 Å². The molecule has 0 spiro atoms. The highest BCUT2D eigenvalue weighted by molar-refractivity contribution is 5.67. The number of carbonyl (C=O) groups is 1. The molecule has 0 bridgehead atoms. The first-order valence-corrected chi connectivity index (χ1v) is 9.16. The molecule has 0 aliphatic carbocycles. The normalized spacial score (nSPS) is 15.0. The van der Waals surface area contributed by atoms with Crippen molar-refractivity contribution in [3.05, 3.63) is 53.1 Å². The third-order valence-electron chi connectivity index (χ3n) is 5.15. The summed E-state index contributed by atoms with van der Waals surface area (Å²) in [5.41, 5.74) is 2.78. The van der Waals surface area contributed by atoms with E-state index in [1.165, 1.54) is 0 Å². The van der Waals surface area contributed by atoms with Crippen molar-refractivity contribution >= 4 is 6.09 Å². The van der Waals surface area contributed by atoms with Crippen molar-refractivity contribution in [3.8, 4) is 0 Å². The fourth-order valence-corrected chi connectivity index (χ4v) is 3.23. The van der Waals surface area contributed by atoms with E-state index in [1.807, 2.05) is 30.3 Å². The predicted molar refractivity (Wildman–Crippen MR) is 98.4 cm³/mol. The van der Waals surface area contributed by atoms with Crippen molar-refractivity contribution < 1.29 is 14.6 Å². The van der Waals surface area contributed by atoms with Gasteiger partial charge in [-0.25, -0.2) is 9.78 Å². The maximum absolute atomic E-state index is 12.4. The number of aliphatic hydroxyl groups excluding tert-OH is 1. The van der Waals surface area contributed by atoms with Crippen LogP contribution in [0.15, 0.2) is 30.3 Å². The van der Waals surface area contributed by atoms with E-state index in [0.717, 1.165) is 22.8 Å². The van der Waals surface area contributed by atoms with Crippen molar-refractivity contribution in [2.75, 3.05) is 6.54 Å². The molecule has 2 aromatic rings. The second-order valence-corrected chi connectivity index (χ2v) is 7.16. The summed E-state index contributed by atoms with van der Waals surface area (Å²) in [6.45, 7) is 8.26. The number of amides is 1. The van der Waals surface area contributed by atoms with Gasteiger partial charge in [0, 0.05) is 19.0 Å². The van der Waals surface area contributed by atoms with Gasteiger partial charge in [0.15, 0.2) is 0 Å². The molecule has 6 heteroatoms. The van der Waals surface area contributed by atoms with Crippen molar-refractivity contribution in [1.82, 2.24) is 14.5 Å². The van der Waals surface area contributed by atoms with Crippen LogP contribution in [0.5, 0.6) is 0 Å². The predicted octanol–water partition coefficient (Wildman–Crippen LogP) is 3.29. The number of imidazole rings is 1. The number of benzene rings is 1. The van der Waals surface area contributed by atoms with Crippen LogP contribution in [0, 0.1) is 5.92 Å². The van der Waals surface area contributed by atoms with E-state index >= 15 is 0 Å². The number of rotatable bonds is 5. The van der Waals surface area contributed by atoms with Crippen LogP contribution in [0.1, 0.15) is 49.5 Å². The summed E-state index contributed by atoms with van der Waals surface area (Å²) in [5, 5.41) is 9.81. The Morgan fingerprint density at radius 1 is 1.23 bits per heavy atom. The second kappa shape index (κ2) is 7.91. The first-order chi connectivity index (χ1) is 12.5. The number of ether oxygens (including phenoxy) is 1. The highest BCUT2D eigenvalue weighted by Crippen LogP contribution is 2.29. The first-order valence-electron chi connectivity index (χ1n) is 9.16. The lowest BCUT2D eigenvalue weighted by molar-refractivity contribution is 0.0856. The zero-order valence-electron chi connectivity index (χ0n) is 15.7. The molecule has 1 aromatic carbocycles. The van der Waals surface area contributed by atoms with Crippen molar-refractivity contribution in [2.24, 2.45) is 5.92 Å². The Morgan fingerprint density at radius 3 is 2.62 bits per heavy atom. The standard InChI is InChI=1S/C20H27N3O3/c1-14(2)15(3)19-17(12-24)23-10-9-22(11-18(23)21-19)20(25)26-13-16-7-5-4-6-8-16/h4-8,14-15,24H,9-13H2,1-3H3/t15-/m1/s1. The molecule has 2 heterocycles. The van der Waals surface area contributed by atoms with Gasteiger partial charge < -0.3 is 14.4 Å². The molecule has 1 N–H and O–H groups in total. The molecule has 0 radical (unpaired) electrons. The molecule has 0 saturated carbocycles. The van der Waals surface area contributed by atoms with E-state index in [0.29, 0.717) is 25.6 Å². The van der Waals surface area contributed by atoms with Gasteiger partial charge in [0.05, 0.1) is 24.5 Å². The van der Waals surface area contributed by atoms with Crippen LogP contribution >= 0.6 is 0 Å². The summed E-state index contributed by atoms with van der Waals surface area (Å²) in [7, 11) is 0. The number of aliphatic hydroxyl groups is 1. The number of nitrogens with zero attached hydrogens (tertiary/aromatic N) is 3. The van der Waals surface area contributed by atoms with Crippen molar-refractivity contribution in [2.45, 2.75) is 53.0 Å². The number of hydrogen-bond donors (Lipinski definition) is 1. The lowest BCUT2D eigenvalue weighted by atomic mass is 9.93. The third kappa shape index (κ3) is 3.75. The summed E-state index contributed by atoms with van der Waals surface area (Å²) in [6, 6.07) is 9.65. The Labute approximate surface area is 154 Å². The molecule has 1 atom stereocenters. The van der Waals surface area contributed by atoms with E-state index in [4.69, 9.17) is 9.72 Å². The SMILES string of the molecule is CC(C)[C@@H](C)c1nc2n(c1CO)CCN(C(=O)OCc1ccccc1)C2. The zero-order valence-corrected chi connectivity index (χ0v) is 15.7. The first kappa shape index (κ1) is 18.5. The van der Waals surface area contributed by atoms with Crippen LogP contribution < -0.4 is 0 Å². The molecule has 0 unspecified atom stereocenters. The number of carbonyl (C=O) groups excluding carboxylic acids is 1. The summed E-state index contributed by atoms with van der Waals surface area (Å²) in [5.74, 6) is 1.51. The molecule has 140 valence electrons. The fraction of sp³-hybridized carbons (Fsp3) is 0.500. The maximum Gasteiger partial charge on any atom is 0.410 e. The average Bonchev–Trinajstić information content (AvgIpc) is 3.03. The minimum atomic E-state index is -0.327. The number of fused-ring (bicyclic) bond motifs is 1. The molecule has 3 rings (SSSR count). The van der Waals surface area contributed by atoms with Crippen LogP contribution in [0.3, 0.4) is 0 Å². The van der Waals surface area contributed by atoms with Gasteiger partial charge in [0.25, 0.3) is 0 Å². The number of hydrogen-bond acceptors (Lipinski definition) is 4. The molecular formula is C20H27N3O3. The molecule has 6 nitrogen and oxygen atoms in total. The van der Waals surface area contributed by atoms with Crippen molar-refractivity contribution in [3.63, 3.8) is 0 Å². The van der Waals surface area contributed by atoms with Gasteiger partial charge >= 0.3 is 6.09 Å². The lowest BCUT2D eigenvalue weighted by Crippen LogP contribution is -2.39. The van der Waals surface area contributed by atoms with Gasteiger partial charge in [0.2, 0.25) is 0 Å². The van der Waals surface area contributed by atoms with Crippen LogP contribution in [-0.2, 0) is 31.0 Å². The smallest absolute Gasteiger partial charge is 0.410 e. The second-order valence-electron chi connectivity index (χ2n) is 7.16. The van der Waals surface area contributed by atoms with E-state index in [-0.39, 0.29) is 25.2 Å². The summed E-state index contributed by atoms with van der Waals surface area (Å²) < 4.78 is 7.48.